The molecule has 2 atom stereocenters. The van der Waals surface area contributed by atoms with Gasteiger partial charge in [-0.3, -0.25) is 14.4 Å². The predicted molar refractivity (Wildman–Crippen MR) is 122 cm³/mol. The zero-order valence-electron chi connectivity index (χ0n) is 19.4. The third-order valence-corrected chi connectivity index (χ3v) is 7.48. The molecule has 3 saturated heterocycles. The average Bonchev–Trinajstić information content (AvgIpc) is 2.85. The minimum Gasteiger partial charge on any atom is -0.354 e. The second-order valence-corrected chi connectivity index (χ2v) is 9.80. The van der Waals surface area contributed by atoms with Crippen LogP contribution < -0.4 is 21.3 Å². The predicted octanol–water partition coefficient (Wildman–Crippen LogP) is -0.0641. The van der Waals surface area contributed by atoms with Crippen molar-refractivity contribution >= 4 is 23.8 Å². The SMILES string of the molecule is O=C1NCCC[C@@H]1NC(=O)[C@H]1CN(C(=O)C2CCNCC2)CCN1C(=O)NC1CCCCC1. The molecule has 5 amide bonds. The van der Waals surface area contributed by atoms with Gasteiger partial charge >= 0.3 is 6.03 Å². The van der Waals surface area contributed by atoms with Crippen LogP contribution in [0.1, 0.15) is 57.8 Å². The van der Waals surface area contributed by atoms with Crippen LogP contribution in [0.5, 0.6) is 0 Å². The molecule has 0 aromatic heterocycles. The third-order valence-electron chi connectivity index (χ3n) is 7.48. The van der Waals surface area contributed by atoms with Crippen LogP contribution in [-0.2, 0) is 14.4 Å². The van der Waals surface area contributed by atoms with Crippen LogP contribution >= 0.6 is 0 Å². The van der Waals surface area contributed by atoms with Gasteiger partial charge in [0.2, 0.25) is 17.7 Å². The van der Waals surface area contributed by atoms with Crippen molar-refractivity contribution in [3.8, 4) is 0 Å². The molecule has 0 radical (unpaired) electrons. The first kappa shape index (κ1) is 23.8. The first-order valence-electron chi connectivity index (χ1n) is 12.7. The Balaban J connectivity index is 1.44. The topological polar surface area (TPSA) is 123 Å². The minimum atomic E-state index is -0.803. The Labute approximate surface area is 195 Å². The van der Waals surface area contributed by atoms with Gasteiger partial charge in [-0.2, -0.15) is 0 Å². The van der Waals surface area contributed by atoms with Crippen molar-refractivity contribution in [2.45, 2.75) is 75.9 Å². The van der Waals surface area contributed by atoms with Crippen LogP contribution in [0.25, 0.3) is 0 Å². The van der Waals surface area contributed by atoms with E-state index in [1.807, 2.05) is 0 Å². The van der Waals surface area contributed by atoms with E-state index >= 15 is 0 Å². The average molecular weight is 463 g/mol. The Bertz CT molecular complexity index is 734. The number of amides is 5. The number of piperidine rings is 2. The van der Waals surface area contributed by atoms with Crippen LogP contribution in [0.4, 0.5) is 4.79 Å². The molecule has 4 aliphatic rings. The van der Waals surface area contributed by atoms with Crippen LogP contribution in [0, 0.1) is 5.92 Å². The summed E-state index contributed by atoms with van der Waals surface area (Å²) < 4.78 is 0. The lowest BCUT2D eigenvalue weighted by Gasteiger charge is -2.42. The number of piperazine rings is 1. The van der Waals surface area contributed by atoms with Crippen molar-refractivity contribution in [2.24, 2.45) is 5.92 Å². The molecule has 3 heterocycles. The van der Waals surface area contributed by atoms with Gasteiger partial charge in [-0.05, 0) is 51.6 Å². The Hall–Kier alpha value is -2.36. The highest BCUT2D eigenvalue weighted by molar-refractivity contribution is 5.93. The number of nitrogens with zero attached hydrogens (tertiary/aromatic N) is 2. The van der Waals surface area contributed by atoms with Gasteiger partial charge in [-0.15, -0.1) is 0 Å². The molecule has 184 valence electrons. The lowest BCUT2D eigenvalue weighted by molar-refractivity contribution is -0.142. The van der Waals surface area contributed by atoms with Gasteiger partial charge in [0.05, 0.1) is 6.54 Å². The zero-order valence-corrected chi connectivity index (χ0v) is 19.4. The summed E-state index contributed by atoms with van der Waals surface area (Å²) in [6.45, 7) is 3.16. The number of urea groups is 1. The van der Waals surface area contributed by atoms with Gasteiger partial charge in [0.15, 0.2) is 0 Å². The molecule has 4 rings (SSSR count). The Morgan fingerprint density at radius 1 is 0.848 bits per heavy atom. The Morgan fingerprint density at radius 2 is 1.61 bits per heavy atom. The smallest absolute Gasteiger partial charge is 0.318 e. The van der Waals surface area contributed by atoms with E-state index in [-0.39, 0.29) is 42.3 Å². The molecule has 1 aliphatic carbocycles. The van der Waals surface area contributed by atoms with Crippen molar-refractivity contribution in [2.75, 3.05) is 39.3 Å². The van der Waals surface area contributed by atoms with Gasteiger partial charge in [0, 0.05) is 31.6 Å². The maximum Gasteiger partial charge on any atom is 0.318 e. The van der Waals surface area contributed by atoms with E-state index < -0.39 is 12.1 Å². The number of rotatable bonds is 4. The number of carbonyl (C=O) groups excluding carboxylic acids is 4. The van der Waals surface area contributed by atoms with Crippen LogP contribution in [-0.4, -0.2) is 90.9 Å². The normalized spacial score (nSPS) is 27.6. The van der Waals surface area contributed by atoms with E-state index in [9.17, 15) is 19.2 Å². The number of nitrogens with one attached hydrogen (secondary N) is 4. The molecule has 0 unspecified atom stereocenters. The zero-order chi connectivity index (χ0) is 23.2. The first-order valence-corrected chi connectivity index (χ1v) is 12.7. The van der Waals surface area contributed by atoms with E-state index in [1.165, 1.54) is 6.42 Å². The minimum absolute atomic E-state index is 0.0401. The Morgan fingerprint density at radius 3 is 2.33 bits per heavy atom. The van der Waals surface area contributed by atoms with E-state index in [0.29, 0.717) is 26.1 Å². The van der Waals surface area contributed by atoms with E-state index in [2.05, 4.69) is 21.3 Å². The molecule has 4 N–H and O–H groups in total. The molecule has 0 aromatic carbocycles. The monoisotopic (exact) mass is 462 g/mol. The summed E-state index contributed by atoms with van der Waals surface area (Å²) >= 11 is 0. The van der Waals surface area contributed by atoms with Crippen molar-refractivity contribution < 1.29 is 19.2 Å². The molecular weight excluding hydrogens is 424 g/mol. The highest BCUT2D eigenvalue weighted by Gasteiger charge is 2.40. The molecule has 0 bridgehead atoms. The van der Waals surface area contributed by atoms with Crippen molar-refractivity contribution in [3.63, 3.8) is 0 Å². The summed E-state index contributed by atoms with van der Waals surface area (Å²) in [4.78, 5) is 55.1. The summed E-state index contributed by atoms with van der Waals surface area (Å²) in [6.07, 6.45) is 8.27. The highest BCUT2D eigenvalue weighted by atomic mass is 16.2. The van der Waals surface area contributed by atoms with Crippen LogP contribution in [0.3, 0.4) is 0 Å². The summed E-state index contributed by atoms with van der Waals surface area (Å²) in [7, 11) is 0. The van der Waals surface area contributed by atoms with Gasteiger partial charge in [-0.1, -0.05) is 19.3 Å². The summed E-state index contributed by atoms with van der Waals surface area (Å²) in [5.41, 5.74) is 0. The third kappa shape index (κ3) is 5.96. The maximum atomic E-state index is 13.3. The molecule has 10 nitrogen and oxygen atoms in total. The molecular formula is C23H38N6O4. The van der Waals surface area contributed by atoms with Crippen LogP contribution in [0.15, 0.2) is 0 Å². The molecule has 1 saturated carbocycles. The summed E-state index contributed by atoms with van der Waals surface area (Å²) in [5, 5.41) is 12.0. The fourth-order valence-electron chi connectivity index (χ4n) is 5.46. The lowest BCUT2D eigenvalue weighted by atomic mass is 9.95. The second-order valence-electron chi connectivity index (χ2n) is 9.80. The van der Waals surface area contributed by atoms with E-state index in [1.54, 1.807) is 9.80 Å². The first-order chi connectivity index (χ1) is 16.0. The summed E-state index contributed by atoms with van der Waals surface area (Å²) in [5.74, 6) is -0.524. The molecule has 0 aromatic rings. The fourth-order valence-corrected chi connectivity index (χ4v) is 5.46. The molecule has 10 heteroatoms. The lowest BCUT2D eigenvalue weighted by Crippen LogP contribution is -2.66. The number of hydrogen-bond donors (Lipinski definition) is 4. The molecule has 33 heavy (non-hydrogen) atoms. The highest BCUT2D eigenvalue weighted by Crippen LogP contribution is 2.21. The maximum absolute atomic E-state index is 13.3. The fraction of sp³-hybridized carbons (Fsp3) is 0.826. The molecule has 4 fully saturated rings. The summed E-state index contributed by atoms with van der Waals surface area (Å²) in [6, 6.07) is -1.51. The van der Waals surface area contributed by atoms with E-state index in [4.69, 9.17) is 0 Å². The standard InChI is InChI=1S/C23H38N6O4/c30-20-18(7-4-10-25-20)27-21(31)19-15-28(22(32)16-8-11-24-12-9-16)13-14-29(19)23(33)26-17-5-2-1-3-6-17/h16-19,24H,1-15H2,(H,25,30)(H,26,33)(H,27,31)/t18-,19+/m0/s1. The van der Waals surface area contributed by atoms with Crippen molar-refractivity contribution in [3.05, 3.63) is 0 Å². The number of hydrogen-bond acceptors (Lipinski definition) is 5. The largest absolute Gasteiger partial charge is 0.354 e. The van der Waals surface area contributed by atoms with Gasteiger partial charge in [0.1, 0.15) is 12.1 Å². The van der Waals surface area contributed by atoms with E-state index in [0.717, 1.165) is 58.0 Å². The van der Waals surface area contributed by atoms with Crippen molar-refractivity contribution in [1.82, 2.24) is 31.1 Å². The van der Waals surface area contributed by atoms with Crippen molar-refractivity contribution in [1.29, 1.82) is 0 Å². The molecule has 0 spiro atoms. The van der Waals surface area contributed by atoms with Gasteiger partial charge in [0.25, 0.3) is 0 Å². The molecule has 3 aliphatic heterocycles. The van der Waals surface area contributed by atoms with Gasteiger partial charge in [-0.25, -0.2) is 4.79 Å². The quantitative estimate of drug-likeness (QED) is 0.466. The number of carbonyl (C=O) groups is 4. The van der Waals surface area contributed by atoms with Crippen LogP contribution in [0.2, 0.25) is 0 Å². The second kappa shape index (κ2) is 11.2. The Kier molecular flexibility index (Phi) is 8.06. The van der Waals surface area contributed by atoms with Gasteiger partial charge < -0.3 is 31.1 Å².